The molecular formula is C16H19NO. The van der Waals surface area contributed by atoms with Crippen molar-refractivity contribution in [2.24, 2.45) is 5.73 Å². The van der Waals surface area contributed by atoms with E-state index in [1.165, 1.54) is 11.1 Å². The molecule has 94 valence electrons. The number of phenolic OH excluding ortho intramolecular Hbond substituents is 1. The van der Waals surface area contributed by atoms with Crippen LogP contribution in [0.15, 0.2) is 54.6 Å². The third-order valence-electron chi connectivity index (χ3n) is 3.14. The van der Waals surface area contributed by atoms with Gasteiger partial charge in [-0.1, -0.05) is 42.5 Å². The maximum Gasteiger partial charge on any atom is 0.115 e. The lowest BCUT2D eigenvalue weighted by Crippen LogP contribution is -2.10. The first-order valence-corrected chi connectivity index (χ1v) is 6.34. The van der Waals surface area contributed by atoms with Gasteiger partial charge in [-0.15, -0.1) is 0 Å². The second-order valence-corrected chi connectivity index (χ2v) is 4.58. The number of benzene rings is 2. The van der Waals surface area contributed by atoms with Crippen molar-refractivity contribution in [2.75, 3.05) is 0 Å². The molecule has 1 unspecified atom stereocenters. The number of phenols is 1. The van der Waals surface area contributed by atoms with E-state index in [2.05, 4.69) is 12.1 Å². The van der Waals surface area contributed by atoms with Crippen LogP contribution in [0.4, 0.5) is 0 Å². The second-order valence-electron chi connectivity index (χ2n) is 4.58. The van der Waals surface area contributed by atoms with Crippen molar-refractivity contribution in [1.29, 1.82) is 0 Å². The van der Waals surface area contributed by atoms with Gasteiger partial charge in [0.1, 0.15) is 5.75 Å². The van der Waals surface area contributed by atoms with Crippen LogP contribution in [-0.2, 0) is 6.42 Å². The number of nitrogens with two attached hydrogens (primary N) is 1. The maximum absolute atomic E-state index is 9.20. The van der Waals surface area contributed by atoms with Crippen molar-refractivity contribution in [2.45, 2.75) is 25.3 Å². The van der Waals surface area contributed by atoms with Crippen molar-refractivity contribution in [3.05, 3.63) is 65.7 Å². The normalized spacial score (nSPS) is 12.3. The van der Waals surface area contributed by atoms with Gasteiger partial charge < -0.3 is 10.8 Å². The SMILES string of the molecule is NC(CCCc1ccc(O)cc1)c1ccccc1. The highest BCUT2D eigenvalue weighted by Crippen LogP contribution is 2.17. The summed E-state index contributed by atoms with van der Waals surface area (Å²) in [7, 11) is 0. The largest absolute Gasteiger partial charge is 0.508 e. The van der Waals surface area contributed by atoms with E-state index in [9.17, 15) is 5.11 Å². The monoisotopic (exact) mass is 241 g/mol. The average Bonchev–Trinajstić information content (AvgIpc) is 2.42. The number of aromatic hydroxyl groups is 1. The van der Waals surface area contributed by atoms with Gasteiger partial charge in [0.15, 0.2) is 0 Å². The van der Waals surface area contributed by atoms with Crippen LogP contribution in [0.3, 0.4) is 0 Å². The van der Waals surface area contributed by atoms with Gasteiger partial charge in [-0.2, -0.15) is 0 Å². The lowest BCUT2D eigenvalue weighted by molar-refractivity contribution is 0.475. The highest BCUT2D eigenvalue weighted by Gasteiger charge is 2.04. The van der Waals surface area contributed by atoms with Gasteiger partial charge in [-0.3, -0.25) is 0 Å². The molecule has 0 saturated carbocycles. The Morgan fingerprint density at radius 2 is 1.61 bits per heavy atom. The van der Waals surface area contributed by atoms with Crippen molar-refractivity contribution < 1.29 is 5.11 Å². The molecule has 0 saturated heterocycles. The molecule has 2 heteroatoms. The minimum atomic E-state index is 0.114. The third kappa shape index (κ3) is 3.60. The predicted molar refractivity (Wildman–Crippen MR) is 74.4 cm³/mol. The summed E-state index contributed by atoms with van der Waals surface area (Å²) in [6.07, 6.45) is 3.03. The molecule has 2 nitrogen and oxygen atoms in total. The predicted octanol–water partition coefficient (Wildman–Crippen LogP) is 3.41. The molecule has 0 fully saturated rings. The first kappa shape index (κ1) is 12.7. The number of aryl methyl sites for hydroxylation is 1. The van der Waals surface area contributed by atoms with E-state index < -0.39 is 0 Å². The fourth-order valence-corrected chi connectivity index (χ4v) is 2.06. The Morgan fingerprint density at radius 3 is 2.28 bits per heavy atom. The van der Waals surface area contributed by atoms with Crippen LogP contribution in [0.1, 0.15) is 30.0 Å². The smallest absolute Gasteiger partial charge is 0.115 e. The Morgan fingerprint density at radius 1 is 0.944 bits per heavy atom. The van der Waals surface area contributed by atoms with Crippen LogP contribution >= 0.6 is 0 Å². The molecule has 2 rings (SSSR count). The Kier molecular flexibility index (Phi) is 4.37. The van der Waals surface area contributed by atoms with E-state index in [0.717, 1.165) is 19.3 Å². The minimum Gasteiger partial charge on any atom is -0.508 e. The molecule has 0 amide bonds. The molecule has 18 heavy (non-hydrogen) atoms. The van der Waals surface area contributed by atoms with Crippen molar-refractivity contribution >= 4 is 0 Å². The molecule has 0 aliphatic carbocycles. The molecule has 2 aromatic rings. The van der Waals surface area contributed by atoms with Crippen molar-refractivity contribution in [1.82, 2.24) is 0 Å². The fraction of sp³-hybridized carbons (Fsp3) is 0.250. The van der Waals surface area contributed by atoms with Crippen molar-refractivity contribution in [3.63, 3.8) is 0 Å². The van der Waals surface area contributed by atoms with Gasteiger partial charge >= 0.3 is 0 Å². The summed E-state index contributed by atoms with van der Waals surface area (Å²) in [6, 6.07) is 17.7. The van der Waals surface area contributed by atoms with Crippen LogP contribution in [0.5, 0.6) is 5.75 Å². The first-order valence-electron chi connectivity index (χ1n) is 6.34. The molecule has 0 aromatic heterocycles. The summed E-state index contributed by atoms with van der Waals surface area (Å²) in [5, 5.41) is 9.20. The van der Waals surface area contributed by atoms with Gasteiger partial charge in [0.2, 0.25) is 0 Å². The van der Waals surface area contributed by atoms with E-state index in [-0.39, 0.29) is 6.04 Å². The summed E-state index contributed by atoms with van der Waals surface area (Å²) in [4.78, 5) is 0. The van der Waals surface area contributed by atoms with Gasteiger partial charge in [-0.05, 0) is 42.5 Å². The molecular weight excluding hydrogens is 222 g/mol. The Labute approximate surface area is 108 Å². The average molecular weight is 241 g/mol. The van der Waals surface area contributed by atoms with E-state index in [1.807, 2.05) is 30.3 Å². The van der Waals surface area contributed by atoms with Gasteiger partial charge in [0, 0.05) is 6.04 Å². The number of hydrogen-bond acceptors (Lipinski definition) is 2. The zero-order chi connectivity index (χ0) is 12.8. The molecule has 3 N–H and O–H groups in total. The molecule has 0 radical (unpaired) electrons. The van der Waals surface area contributed by atoms with Crippen LogP contribution in [-0.4, -0.2) is 5.11 Å². The zero-order valence-corrected chi connectivity index (χ0v) is 10.4. The maximum atomic E-state index is 9.20. The molecule has 0 spiro atoms. The van der Waals surface area contributed by atoms with Crippen LogP contribution in [0.2, 0.25) is 0 Å². The number of rotatable bonds is 5. The van der Waals surface area contributed by atoms with E-state index in [4.69, 9.17) is 5.73 Å². The van der Waals surface area contributed by atoms with Crippen LogP contribution < -0.4 is 5.73 Å². The topological polar surface area (TPSA) is 46.2 Å². The van der Waals surface area contributed by atoms with Gasteiger partial charge in [0.25, 0.3) is 0 Å². The third-order valence-corrected chi connectivity index (χ3v) is 3.14. The Hall–Kier alpha value is -1.80. The van der Waals surface area contributed by atoms with Gasteiger partial charge in [-0.25, -0.2) is 0 Å². The summed E-state index contributed by atoms with van der Waals surface area (Å²) in [6.45, 7) is 0. The molecule has 0 heterocycles. The number of hydrogen-bond donors (Lipinski definition) is 2. The Bertz CT molecular complexity index is 464. The molecule has 0 bridgehead atoms. The minimum absolute atomic E-state index is 0.114. The zero-order valence-electron chi connectivity index (χ0n) is 10.4. The quantitative estimate of drug-likeness (QED) is 0.842. The summed E-state index contributed by atoms with van der Waals surface area (Å²) < 4.78 is 0. The summed E-state index contributed by atoms with van der Waals surface area (Å²) >= 11 is 0. The highest BCUT2D eigenvalue weighted by atomic mass is 16.3. The molecule has 0 aliphatic heterocycles. The lowest BCUT2D eigenvalue weighted by Gasteiger charge is -2.11. The standard InChI is InChI=1S/C16H19NO/c17-16(14-6-2-1-3-7-14)8-4-5-13-9-11-15(18)12-10-13/h1-3,6-7,9-12,16,18H,4-5,8,17H2. The highest BCUT2D eigenvalue weighted by molar-refractivity contribution is 5.26. The second kappa shape index (κ2) is 6.22. The molecule has 0 aliphatic rings. The molecule has 2 aromatic carbocycles. The van der Waals surface area contributed by atoms with Crippen LogP contribution in [0.25, 0.3) is 0 Å². The fourth-order valence-electron chi connectivity index (χ4n) is 2.06. The Balaban J connectivity index is 1.80. The van der Waals surface area contributed by atoms with E-state index in [0.29, 0.717) is 5.75 Å². The first-order chi connectivity index (χ1) is 8.75. The molecule has 1 atom stereocenters. The lowest BCUT2D eigenvalue weighted by atomic mass is 10.00. The van der Waals surface area contributed by atoms with Crippen LogP contribution in [0, 0.1) is 0 Å². The van der Waals surface area contributed by atoms with E-state index >= 15 is 0 Å². The van der Waals surface area contributed by atoms with E-state index in [1.54, 1.807) is 12.1 Å². The van der Waals surface area contributed by atoms with Gasteiger partial charge in [0.05, 0.1) is 0 Å². The summed E-state index contributed by atoms with van der Waals surface area (Å²) in [5.41, 5.74) is 8.58. The van der Waals surface area contributed by atoms with Crippen molar-refractivity contribution in [3.8, 4) is 5.75 Å². The summed E-state index contributed by atoms with van der Waals surface area (Å²) in [5.74, 6) is 0.319.